The third-order valence-corrected chi connectivity index (χ3v) is 3.91. The van der Waals surface area contributed by atoms with Gasteiger partial charge in [0, 0.05) is 18.1 Å². The summed E-state index contributed by atoms with van der Waals surface area (Å²) in [4.78, 5) is 17.9. The molecule has 2 rings (SSSR count). The van der Waals surface area contributed by atoms with Crippen LogP contribution in [0.3, 0.4) is 0 Å². The van der Waals surface area contributed by atoms with Crippen LogP contribution in [0.25, 0.3) is 0 Å². The largest absolute Gasteiger partial charge is 0.461 e. The van der Waals surface area contributed by atoms with Crippen molar-refractivity contribution >= 4 is 28.1 Å². The summed E-state index contributed by atoms with van der Waals surface area (Å²) < 4.78 is 4.94. The van der Waals surface area contributed by atoms with Crippen LogP contribution in [0.2, 0.25) is 0 Å². The molecule has 0 aliphatic rings. The van der Waals surface area contributed by atoms with E-state index in [-0.39, 0.29) is 5.97 Å². The standard InChI is InChI=1S/C15H18N2O2S/c1-4-11-6-8-12(9-7-11)17(3)15-16-13(10-20-15)14(18)19-5-2/h6-10H,4-5H2,1-3H3. The number of anilines is 2. The van der Waals surface area contributed by atoms with E-state index < -0.39 is 0 Å². The number of aromatic nitrogens is 1. The number of nitrogens with zero attached hydrogens (tertiary/aromatic N) is 2. The van der Waals surface area contributed by atoms with Gasteiger partial charge in [-0.3, -0.25) is 0 Å². The number of carbonyl (C=O) groups is 1. The van der Waals surface area contributed by atoms with Crippen molar-refractivity contribution in [3.63, 3.8) is 0 Å². The zero-order valence-electron chi connectivity index (χ0n) is 11.9. The van der Waals surface area contributed by atoms with Crippen molar-refractivity contribution in [3.8, 4) is 0 Å². The SMILES string of the molecule is CCOC(=O)c1csc(N(C)c2ccc(CC)cc2)n1. The molecule has 0 fully saturated rings. The maximum absolute atomic E-state index is 11.6. The molecule has 20 heavy (non-hydrogen) atoms. The maximum atomic E-state index is 11.6. The first-order valence-electron chi connectivity index (χ1n) is 6.61. The summed E-state index contributed by atoms with van der Waals surface area (Å²) in [7, 11) is 1.94. The third-order valence-electron chi connectivity index (χ3n) is 3.00. The summed E-state index contributed by atoms with van der Waals surface area (Å²) in [5, 5.41) is 2.50. The monoisotopic (exact) mass is 290 g/mol. The highest BCUT2D eigenvalue weighted by atomic mass is 32.1. The molecule has 2 aromatic rings. The maximum Gasteiger partial charge on any atom is 0.357 e. The molecule has 4 nitrogen and oxygen atoms in total. The Hall–Kier alpha value is -1.88. The zero-order valence-corrected chi connectivity index (χ0v) is 12.7. The molecule has 0 radical (unpaired) electrons. The summed E-state index contributed by atoms with van der Waals surface area (Å²) in [6.45, 7) is 4.28. The number of hydrogen-bond acceptors (Lipinski definition) is 5. The van der Waals surface area contributed by atoms with E-state index in [1.54, 1.807) is 12.3 Å². The number of hydrogen-bond donors (Lipinski definition) is 0. The van der Waals surface area contributed by atoms with Gasteiger partial charge in [-0.2, -0.15) is 0 Å². The average molecular weight is 290 g/mol. The molecule has 0 N–H and O–H groups in total. The van der Waals surface area contributed by atoms with Crippen LogP contribution in [0.15, 0.2) is 29.6 Å². The normalized spacial score (nSPS) is 10.3. The second-order valence-corrected chi connectivity index (χ2v) is 5.15. The first-order valence-corrected chi connectivity index (χ1v) is 7.49. The molecule has 0 saturated heterocycles. The molecule has 0 bridgehead atoms. The highest BCUT2D eigenvalue weighted by Gasteiger charge is 2.14. The molecule has 0 aliphatic carbocycles. The summed E-state index contributed by atoms with van der Waals surface area (Å²) in [6, 6.07) is 8.33. The van der Waals surface area contributed by atoms with Gasteiger partial charge in [-0.1, -0.05) is 19.1 Å². The molecular weight excluding hydrogens is 272 g/mol. The topological polar surface area (TPSA) is 42.4 Å². The number of aryl methyl sites for hydroxylation is 1. The van der Waals surface area contributed by atoms with Gasteiger partial charge in [-0.25, -0.2) is 9.78 Å². The lowest BCUT2D eigenvalue weighted by Gasteiger charge is -2.16. The van der Waals surface area contributed by atoms with Crippen LogP contribution in [-0.2, 0) is 11.2 Å². The molecule has 1 heterocycles. The summed E-state index contributed by atoms with van der Waals surface area (Å²) in [6.07, 6.45) is 1.02. The van der Waals surface area contributed by atoms with Gasteiger partial charge in [0.15, 0.2) is 10.8 Å². The van der Waals surface area contributed by atoms with Crippen LogP contribution in [0, 0.1) is 0 Å². The number of carbonyl (C=O) groups excluding carboxylic acids is 1. The van der Waals surface area contributed by atoms with Crippen LogP contribution in [0.5, 0.6) is 0 Å². The highest BCUT2D eigenvalue weighted by molar-refractivity contribution is 7.14. The smallest absolute Gasteiger partial charge is 0.357 e. The van der Waals surface area contributed by atoms with Crippen molar-refractivity contribution in [3.05, 3.63) is 40.9 Å². The molecule has 1 aromatic carbocycles. The van der Waals surface area contributed by atoms with Crippen molar-refractivity contribution in [1.82, 2.24) is 4.98 Å². The van der Waals surface area contributed by atoms with Crippen LogP contribution in [0.1, 0.15) is 29.9 Å². The van der Waals surface area contributed by atoms with Crippen LogP contribution < -0.4 is 4.90 Å². The molecule has 0 spiro atoms. The fourth-order valence-corrected chi connectivity index (χ4v) is 2.56. The van der Waals surface area contributed by atoms with Crippen molar-refractivity contribution in [2.24, 2.45) is 0 Å². The Morgan fingerprint density at radius 2 is 2.00 bits per heavy atom. The summed E-state index contributed by atoms with van der Waals surface area (Å²) >= 11 is 1.43. The van der Waals surface area contributed by atoms with Gasteiger partial charge in [-0.05, 0) is 31.0 Å². The third kappa shape index (κ3) is 3.17. The second-order valence-electron chi connectivity index (χ2n) is 4.31. The fourth-order valence-electron chi connectivity index (χ4n) is 1.78. The van der Waals surface area contributed by atoms with Gasteiger partial charge >= 0.3 is 5.97 Å². The van der Waals surface area contributed by atoms with Crippen LogP contribution in [0.4, 0.5) is 10.8 Å². The lowest BCUT2D eigenvalue weighted by molar-refractivity contribution is 0.0520. The molecular formula is C15H18N2O2S. The van der Waals surface area contributed by atoms with Gasteiger partial charge in [0.2, 0.25) is 0 Å². The van der Waals surface area contributed by atoms with Gasteiger partial charge in [0.25, 0.3) is 0 Å². The lowest BCUT2D eigenvalue weighted by atomic mass is 10.1. The number of esters is 1. The van der Waals surface area contributed by atoms with Gasteiger partial charge in [0.05, 0.1) is 6.61 Å². The minimum atomic E-state index is -0.371. The van der Waals surface area contributed by atoms with Crippen molar-refractivity contribution in [2.75, 3.05) is 18.6 Å². The summed E-state index contributed by atoms with van der Waals surface area (Å²) in [5.41, 5.74) is 2.71. The Labute approximate surface area is 123 Å². The van der Waals surface area contributed by atoms with Crippen molar-refractivity contribution in [1.29, 1.82) is 0 Å². The Morgan fingerprint density at radius 1 is 1.30 bits per heavy atom. The predicted octanol–water partition coefficient (Wildman–Crippen LogP) is 3.65. The lowest BCUT2D eigenvalue weighted by Crippen LogP contribution is -2.10. The number of rotatable bonds is 5. The van der Waals surface area contributed by atoms with E-state index in [9.17, 15) is 4.79 Å². The zero-order chi connectivity index (χ0) is 14.5. The molecule has 106 valence electrons. The first-order chi connectivity index (χ1) is 9.65. The van der Waals surface area contributed by atoms with Gasteiger partial charge in [0.1, 0.15) is 0 Å². The molecule has 5 heteroatoms. The van der Waals surface area contributed by atoms with E-state index in [0.29, 0.717) is 12.3 Å². The molecule has 0 saturated carbocycles. The van der Waals surface area contributed by atoms with E-state index in [1.807, 2.05) is 11.9 Å². The van der Waals surface area contributed by atoms with E-state index >= 15 is 0 Å². The predicted molar refractivity (Wildman–Crippen MR) is 82.0 cm³/mol. The molecule has 0 unspecified atom stereocenters. The van der Waals surface area contributed by atoms with Crippen LogP contribution in [-0.4, -0.2) is 24.6 Å². The Kier molecular flexibility index (Phi) is 4.74. The van der Waals surface area contributed by atoms with E-state index in [1.165, 1.54) is 16.9 Å². The molecule has 1 aromatic heterocycles. The number of ether oxygens (including phenoxy) is 1. The first kappa shape index (κ1) is 14.5. The highest BCUT2D eigenvalue weighted by Crippen LogP contribution is 2.27. The van der Waals surface area contributed by atoms with E-state index in [4.69, 9.17) is 4.74 Å². The van der Waals surface area contributed by atoms with Gasteiger partial charge in [-0.15, -0.1) is 11.3 Å². The van der Waals surface area contributed by atoms with Crippen molar-refractivity contribution in [2.45, 2.75) is 20.3 Å². The second kappa shape index (κ2) is 6.52. The molecule has 0 amide bonds. The Balaban J connectivity index is 2.16. The van der Waals surface area contributed by atoms with E-state index in [0.717, 1.165) is 17.2 Å². The van der Waals surface area contributed by atoms with Crippen molar-refractivity contribution < 1.29 is 9.53 Å². The number of thiazole rings is 1. The molecule has 0 aliphatic heterocycles. The number of benzene rings is 1. The quantitative estimate of drug-likeness (QED) is 0.788. The minimum Gasteiger partial charge on any atom is -0.461 e. The minimum absolute atomic E-state index is 0.361. The molecule has 0 atom stereocenters. The Morgan fingerprint density at radius 3 is 2.60 bits per heavy atom. The summed E-state index contributed by atoms with van der Waals surface area (Å²) in [5.74, 6) is -0.371. The Bertz CT molecular complexity index is 578. The fraction of sp³-hybridized carbons (Fsp3) is 0.333. The van der Waals surface area contributed by atoms with Gasteiger partial charge < -0.3 is 9.64 Å². The van der Waals surface area contributed by atoms with Crippen LogP contribution >= 0.6 is 11.3 Å². The van der Waals surface area contributed by atoms with E-state index in [2.05, 4.69) is 36.2 Å². The average Bonchev–Trinajstić information content (AvgIpc) is 2.97.